The van der Waals surface area contributed by atoms with E-state index in [1.54, 1.807) is 0 Å². The van der Waals surface area contributed by atoms with Crippen LogP contribution in [0, 0.1) is 0 Å². The van der Waals surface area contributed by atoms with Gasteiger partial charge in [-0.2, -0.15) is 0 Å². The zero-order valence-corrected chi connectivity index (χ0v) is 11.9. The van der Waals surface area contributed by atoms with Crippen LogP contribution in [0.4, 0.5) is 0 Å². The van der Waals surface area contributed by atoms with Crippen LogP contribution in [0.25, 0.3) is 0 Å². The van der Waals surface area contributed by atoms with Crippen molar-refractivity contribution in [1.82, 2.24) is 0 Å². The quantitative estimate of drug-likeness (QED) is 0.852. The molecule has 0 bridgehead atoms. The van der Waals surface area contributed by atoms with Gasteiger partial charge in [-0.15, -0.1) is 0 Å². The predicted molar refractivity (Wildman–Crippen MR) is 74.7 cm³/mol. The Balaban J connectivity index is 2.56. The van der Waals surface area contributed by atoms with Gasteiger partial charge in [-0.05, 0) is 36.3 Å². The average molecular weight is 262 g/mol. The van der Waals surface area contributed by atoms with E-state index in [1.807, 2.05) is 13.0 Å². The van der Waals surface area contributed by atoms with Crippen LogP contribution in [0.15, 0.2) is 12.1 Å². The first-order valence-electron chi connectivity index (χ1n) is 6.98. The van der Waals surface area contributed by atoms with Crippen LogP contribution in [0.3, 0.4) is 0 Å². The van der Waals surface area contributed by atoms with E-state index < -0.39 is 5.97 Å². The molecule has 1 saturated carbocycles. The third kappa shape index (κ3) is 2.46. The molecule has 1 aliphatic rings. The highest BCUT2D eigenvalue weighted by atomic mass is 16.4. The van der Waals surface area contributed by atoms with Crippen LogP contribution in [0.1, 0.15) is 62.6 Å². The van der Waals surface area contributed by atoms with Crippen LogP contribution < -0.4 is 0 Å². The maximum absolute atomic E-state index is 11.1. The van der Waals surface area contributed by atoms with Gasteiger partial charge in [-0.1, -0.05) is 32.9 Å². The van der Waals surface area contributed by atoms with E-state index in [0.717, 1.165) is 36.0 Å². The molecular weight excluding hydrogens is 240 g/mol. The summed E-state index contributed by atoms with van der Waals surface area (Å²) in [5.74, 6) is -0.168. The van der Waals surface area contributed by atoms with Crippen molar-refractivity contribution >= 4 is 5.97 Å². The molecule has 3 nitrogen and oxygen atoms in total. The van der Waals surface area contributed by atoms with Gasteiger partial charge in [0.05, 0.1) is 6.42 Å². The Morgan fingerprint density at radius 3 is 2.42 bits per heavy atom. The molecule has 0 heterocycles. The summed E-state index contributed by atoms with van der Waals surface area (Å²) >= 11 is 0. The predicted octanol–water partition coefficient (Wildman–Crippen LogP) is 3.58. The summed E-state index contributed by atoms with van der Waals surface area (Å²) in [5.41, 5.74) is 2.56. The number of rotatable bonds is 5. The number of hydrogen-bond donors (Lipinski definition) is 2. The molecule has 1 aliphatic carbocycles. The van der Waals surface area contributed by atoms with Crippen molar-refractivity contribution in [2.45, 2.75) is 57.8 Å². The third-order valence-corrected chi connectivity index (χ3v) is 4.17. The second-order valence-corrected chi connectivity index (χ2v) is 5.90. The number of carboxylic acid groups (broad SMARTS) is 1. The molecule has 0 atom stereocenters. The molecule has 0 saturated heterocycles. The highest BCUT2D eigenvalue weighted by Crippen LogP contribution is 2.56. The van der Waals surface area contributed by atoms with Crippen molar-refractivity contribution in [3.05, 3.63) is 28.8 Å². The Kier molecular flexibility index (Phi) is 3.57. The summed E-state index contributed by atoms with van der Waals surface area (Å²) in [4.78, 5) is 11.1. The average Bonchev–Trinajstić information content (AvgIpc) is 3.07. The molecular formula is C16H22O3. The largest absolute Gasteiger partial charge is 0.507 e. The Labute approximate surface area is 114 Å². The van der Waals surface area contributed by atoms with E-state index in [1.165, 1.54) is 0 Å². The Morgan fingerprint density at radius 1 is 1.37 bits per heavy atom. The number of hydrogen-bond acceptors (Lipinski definition) is 2. The standard InChI is InChI=1S/C16H22O3/c1-4-11-5-6-12(10(2)3)14(15(11)19)16(7-8-16)9-13(17)18/h5-6,10,19H,4,7-9H2,1-3H3,(H,17,18). The Bertz CT molecular complexity index is 499. The second kappa shape index (κ2) is 4.87. The molecule has 0 amide bonds. The number of carbonyl (C=O) groups is 1. The van der Waals surface area contributed by atoms with Crippen molar-refractivity contribution in [2.75, 3.05) is 0 Å². The molecule has 19 heavy (non-hydrogen) atoms. The fourth-order valence-corrected chi connectivity index (χ4v) is 2.93. The van der Waals surface area contributed by atoms with Crippen LogP contribution in [-0.4, -0.2) is 16.2 Å². The van der Waals surface area contributed by atoms with Crippen LogP contribution >= 0.6 is 0 Å². The van der Waals surface area contributed by atoms with Crippen molar-refractivity contribution in [1.29, 1.82) is 0 Å². The molecule has 3 heteroatoms. The summed E-state index contributed by atoms with van der Waals surface area (Å²) in [6, 6.07) is 4.02. The first-order valence-corrected chi connectivity index (χ1v) is 6.98. The van der Waals surface area contributed by atoms with Gasteiger partial charge in [0.1, 0.15) is 5.75 Å². The minimum Gasteiger partial charge on any atom is -0.507 e. The third-order valence-electron chi connectivity index (χ3n) is 4.17. The van der Waals surface area contributed by atoms with E-state index >= 15 is 0 Å². The summed E-state index contributed by atoms with van der Waals surface area (Å²) in [5, 5.41) is 19.6. The smallest absolute Gasteiger partial charge is 0.304 e. The molecule has 1 aromatic rings. The van der Waals surface area contributed by atoms with Crippen molar-refractivity contribution in [3.63, 3.8) is 0 Å². The van der Waals surface area contributed by atoms with Gasteiger partial charge in [0, 0.05) is 11.0 Å². The zero-order valence-electron chi connectivity index (χ0n) is 11.9. The highest BCUT2D eigenvalue weighted by molar-refractivity contribution is 5.71. The van der Waals surface area contributed by atoms with Crippen LogP contribution in [-0.2, 0) is 16.6 Å². The summed E-state index contributed by atoms with van der Waals surface area (Å²) in [7, 11) is 0. The Hall–Kier alpha value is -1.51. The molecule has 2 N–H and O–H groups in total. The molecule has 0 radical (unpaired) electrons. The lowest BCUT2D eigenvalue weighted by atomic mass is 9.82. The molecule has 104 valence electrons. The van der Waals surface area contributed by atoms with E-state index in [0.29, 0.717) is 5.75 Å². The molecule has 1 aromatic carbocycles. The van der Waals surface area contributed by atoms with Gasteiger partial charge in [0.15, 0.2) is 0 Å². The SMILES string of the molecule is CCc1ccc(C(C)C)c(C2(CC(=O)O)CC2)c1O. The van der Waals surface area contributed by atoms with Crippen LogP contribution in [0.5, 0.6) is 5.75 Å². The maximum atomic E-state index is 11.1. The van der Waals surface area contributed by atoms with E-state index in [-0.39, 0.29) is 17.8 Å². The summed E-state index contributed by atoms with van der Waals surface area (Å²) < 4.78 is 0. The molecule has 0 spiro atoms. The lowest BCUT2D eigenvalue weighted by Crippen LogP contribution is -2.16. The number of phenols is 1. The van der Waals surface area contributed by atoms with Gasteiger partial charge in [0.2, 0.25) is 0 Å². The van der Waals surface area contributed by atoms with Crippen molar-refractivity contribution in [3.8, 4) is 5.75 Å². The van der Waals surface area contributed by atoms with Gasteiger partial charge in [-0.3, -0.25) is 4.79 Å². The minimum atomic E-state index is -0.784. The van der Waals surface area contributed by atoms with E-state index in [4.69, 9.17) is 5.11 Å². The zero-order chi connectivity index (χ0) is 14.2. The van der Waals surface area contributed by atoms with Crippen molar-refractivity contribution in [2.24, 2.45) is 0 Å². The van der Waals surface area contributed by atoms with Gasteiger partial charge in [-0.25, -0.2) is 0 Å². The maximum Gasteiger partial charge on any atom is 0.304 e. The van der Waals surface area contributed by atoms with Crippen molar-refractivity contribution < 1.29 is 15.0 Å². The fraction of sp³-hybridized carbons (Fsp3) is 0.562. The monoisotopic (exact) mass is 262 g/mol. The number of aromatic hydroxyl groups is 1. The fourth-order valence-electron chi connectivity index (χ4n) is 2.93. The lowest BCUT2D eigenvalue weighted by Gasteiger charge is -2.23. The number of aliphatic carboxylic acids is 1. The summed E-state index contributed by atoms with van der Waals surface area (Å²) in [6.07, 6.45) is 2.60. The topological polar surface area (TPSA) is 57.5 Å². The molecule has 0 aromatic heterocycles. The van der Waals surface area contributed by atoms with Crippen LogP contribution in [0.2, 0.25) is 0 Å². The number of carboxylic acids is 1. The number of aryl methyl sites for hydroxylation is 1. The number of benzene rings is 1. The van der Waals surface area contributed by atoms with Gasteiger partial charge in [0.25, 0.3) is 0 Å². The van der Waals surface area contributed by atoms with E-state index in [2.05, 4.69) is 19.9 Å². The molecule has 1 fully saturated rings. The molecule has 0 aliphatic heterocycles. The van der Waals surface area contributed by atoms with Gasteiger partial charge >= 0.3 is 5.97 Å². The second-order valence-electron chi connectivity index (χ2n) is 5.90. The van der Waals surface area contributed by atoms with Gasteiger partial charge < -0.3 is 10.2 Å². The lowest BCUT2D eigenvalue weighted by molar-refractivity contribution is -0.137. The van der Waals surface area contributed by atoms with E-state index in [9.17, 15) is 9.90 Å². The first kappa shape index (κ1) is 13.9. The molecule has 0 unspecified atom stereocenters. The molecule has 2 rings (SSSR count). The first-order chi connectivity index (χ1) is 8.91. The Morgan fingerprint density at radius 2 is 2.00 bits per heavy atom. The minimum absolute atomic E-state index is 0.118. The normalized spacial score (nSPS) is 16.6. The number of phenolic OH excluding ortho intramolecular Hbond substituents is 1. The highest BCUT2D eigenvalue weighted by Gasteiger charge is 2.49. The summed E-state index contributed by atoms with van der Waals surface area (Å²) in [6.45, 7) is 6.17.